The van der Waals surface area contributed by atoms with E-state index in [-0.39, 0.29) is 28.8 Å². The highest BCUT2D eigenvalue weighted by atomic mass is 19.1. The van der Waals surface area contributed by atoms with Crippen LogP contribution < -0.4 is 4.74 Å². The van der Waals surface area contributed by atoms with E-state index in [0.717, 1.165) is 49.5 Å². The van der Waals surface area contributed by atoms with Crippen molar-refractivity contribution in [2.75, 3.05) is 39.9 Å². The summed E-state index contributed by atoms with van der Waals surface area (Å²) >= 11 is 0. The molecule has 4 aliphatic rings. The number of esters is 1. The standard InChI is InChI=1S/C31H36F3N3O4/c1-4-40-29(38)30(2)9-11-37(12-10-30)25-15-31(41-35-25)17-36(18-31)16-20-13-23(19-5-6-19)26(27(34)28(20)39-3)22-8-7-21(32)14-24(22)33/h7-8,13-14,19H,4-6,9-12,15-18H2,1-3H3. The minimum Gasteiger partial charge on any atom is -0.493 e. The zero-order valence-corrected chi connectivity index (χ0v) is 23.8. The molecule has 0 radical (unpaired) electrons. The predicted molar refractivity (Wildman–Crippen MR) is 147 cm³/mol. The molecule has 7 nitrogen and oxygen atoms in total. The second-order valence-electron chi connectivity index (χ2n) is 12.1. The molecule has 2 aromatic carbocycles. The van der Waals surface area contributed by atoms with Gasteiger partial charge in [-0.1, -0.05) is 5.16 Å². The summed E-state index contributed by atoms with van der Waals surface area (Å²) in [6.07, 6.45) is 3.89. The van der Waals surface area contributed by atoms with E-state index in [9.17, 15) is 13.6 Å². The molecule has 2 aromatic rings. The number of rotatable bonds is 7. The largest absolute Gasteiger partial charge is 0.493 e. The van der Waals surface area contributed by atoms with Crippen molar-refractivity contribution in [2.24, 2.45) is 10.6 Å². The molecule has 6 rings (SSSR count). The van der Waals surface area contributed by atoms with Crippen LogP contribution in [0.5, 0.6) is 5.75 Å². The van der Waals surface area contributed by atoms with Crippen molar-refractivity contribution in [1.82, 2.24) is 9.80 Å². The normalized spacial score (nSPS) is 21.3. The van der Waals surface area contributed by atoms with Gasteiger partial charge in [0.05, 0.1) is 25.6 Å². The number of amidine groups is 1. The number of hydrogen-bond donors (Lipinski definition) is 0. The van der Waals surface area contributed by atoms with Crippen LogP contribution in [0.25, 0.3) is 11.1 Å². The SMILES string of the molecule is CCOC(=O)C1(C)CCN(C2=NOC3(C2)CN(Cc2cc(C4CC4)c(-c4ccc(F)cc4F)c(F)c2OC)C3)CC1. The molecular formula is C31H36F3N3O4. The van der Waals surface area contributed by atoms with E-state index >= 15 is 4.39 Å². The van der Waals surface area contributed by atoms with Crippen LogP contribution in [0.4, 0.5) is 13.2 Å². The van der Waals surface area contributed by atoms with Gasteiger partial charge in [-0.2, -0.15) is 0 Å². The summed E-state index contributed by atoms with van der Waals surface area (Å²) in [5.41, 5.74) is 0.747. The van der Waals surface area contributed by atoms with Gasteiger partial charge in [0.1, 0.15) is 17.5 Å². The Morgan fingerprint density at radius 3 is 2.51 bits per heavy atom. The first-order chi connectivity index (χ1) is 19.6. The van der Waals surface area contributed by atoms with Crippen molar-refractivity contribution >= 4 is 11.8 Å². The summed E-state index contributed by atoms with van der Waals surface area (Å²) in [7, 11) is 1.41. The predicted octanol–water partition coefficient (Wildman–Crippen LogP) is 5.61. The number of ether oxygens (including phenoxy) is 2. The lowest BCUT2D eigenvalue weighted by Crippen LogP contribution is -2.61. The Bertz CT molecular complexity index is 1380. The molecule has 3 heterocycles. The van der Waals surface area contributed by atoms with Crippen molar-refractivity contribution < 1.29 is 32.3 Å². The summed E-state index contributed by atoms with van der Waals surface area (Å²) in [5.74, 6) is -1.12. The van der Waals surface area contributed by atoms with Crippen molar-refractivity contribution in [3.05, 3.63) is 52.8 Å². The average Bonchev–Trinajstić information content (AvgIpc) is 3.68. The molecule has 3 fully saturated rings. The molecule has 220 valence electrons. The molecular weight excluding hydrogens is 535 g/mol. The number of piperidine rings is 1. The van der Waals surface area contributed by atoms with Crippen molar-refractivity contribution in [3.63, 3.8) is 0 Å². The fourth-order valence-corrected chi connectivity index (χ4v) is 6.46. The molecule has 0 aromatic heterocycles. The average molecular weight is 572 g/mol. The zero-order chi connectivity index (χ0) is 28.9. The smallest absolute Gasteiger partial charge is 0.311 e. The monoisotopic (exact) mass is 571 g/mol. The van der Waals surface area contributed by atoms with Gasteiger partial charge in [0.25, 0.3) is 0 Å². The quantitative estimate of drug-likeness (QED) is 0.403. The Morgan fingerprint density at radius 2 is 1.88 bits per heavy atom. The van der Waals surface area contributed by atoms with Gasteiger partial charge in [-0.25, -0.2) is 13.2 Å². The molecule has 10 heteroatoms. The molecule has 2 saturated heterocycles. The fraction of sp³-hybridized carbons (Fsp3) is 0.548. The van der Waals surface area contributed by atoms with Crippen LogP contribution in [-0.4, -0.2) is 67.1 Å². The van der Waals surface area contributed by atoms with Crippen LogP contribution in [0.3, 0.4) is 0 Å². The van der Waals surface area contributed by atoms with E-state index in [1.54, 1.807) is 0 Å². The number of likely N-dealkylation sites (tertiary alicyclic amines) is 2. The molecule has 0 amide bonds. The van der Waals surface area contributed by atoms with Gasteiger partial charge in [-0.3, -0.25) is 9.69 Å². The van der Waals surface area contributed by atoms with E-state index in [1.807, 2.05) is 19.9 Å². The van der Waals surface area contributed by atoms with E-state index in [0.29, 0.717) is 51.1 Å². The summed E-state index contributed by atoms with van der Waals surface area (Å²) < 4.78 is 55.0. The molecule has 41 heavy (non-hydrogen) atoms. The second kappa shape index (κ2) is 10.5. The summed E-state index contributed by atoms with van der Waals surface area (Å²) in [6, 6.07) is 5.15. The number of carbonyl (C=O) groups excluding carboxylic acids is 1. The molecule has 1 saturated carbocycles. The number of methoxy groups -OCH3 is 1. The molecule has 1 spiro atoms. The fourth-order valence-electron chi connectivity index (χ4n) is 6.46. The third kappa shape index (κ3) is 5.15. The molecule has 3 aliphatic heterocycles. The molecule has 0 unspecified atom stereocenters. The number of benzene rings is 2. The highest BCUT2D eigenvalue weighted by molar-refractivity contribution is 5.85. The van der Waals surface area contributed by atoms with Gasteiger partial charge in [0.15, 0.2) is 17.2 Å². The summed E-state index contributed by atoms with van der Waals surface area (Å²) in [6.45, 7) is 7.33. The number of hydrogen-bond acceptors (Lipinski definition) is 7. The highest BCUT2D eigenvalue weighted by Gasteiger charge is 2.51. The number of halogens is 3. The lowest BCUT2D eigenvalue weighted by molar-refractivity contribution is -0.156. The number of nitrogens with zero attached hydrogens (tertiary/aromatic N) is 3. The Kier molecular flexibility index (Phi) is 7.16. The van der Waals surface area contributed by atoms with Crippen LogP contribution in [0, 0.1) is 22.9 Å². The molecule has 0 N–H and O–H groups in total. The Balaban J connectivity index is 1.12. The third-order valence-electron chi connectivity index (χ3n) is 8.99. The Morgan fingerprint density at radius 1 is 1.15 bits per heavy atom. The van der Waals surface area contributed by atoms with Crippen LogP contribution in [0.1, 0.15) is 63.0 Å². The van der Waals surface area contributed by atoms with Gasteiger partial charge >= 0.3 is 5.97 Å². The van der Waals surface area contributed by atoms with E-state index in [1.165, 1.54) is 13.2 Å². The van der Waals surface area contributed by atoms with Crippen molar-refractivity contribution in [1.29, 1.82) is 0 Å². The second-order valence-corrected chi connectivity index (χ2v) is 12.1. The molecule has 0 atom stereocenters. The summed E-state index contributed by atoms with van der Waals surface area (Å²) in [4.78, 5) is 22.7. The van der Waals surface area contributed by atoms with Crippen molar-refractivity contribution in [2.45, 2.75) is 64.0 Å². The van der Waals surface area contributed by atoms with Crippen LogP contribution >= 0.6 is 0 Å². The Hall–Kier alpha value is -3.27. The van der Waals surface area contributed by atoms with Crippen LogP contribution in [0.2, 0.25) is 0 Å². The van der Waals surface area contributed by atoms with Gasteiger partial charge in [0.2, 0.25) is 0 Å². The minimum atomic E-state index is -0.793. The minimum absolute atomic E-state index is 0.0443. The van der Waals surface area contributed by atoms with E-state index in [4.69, 9.17) is 14.3 Å². The number of oxime groups is 1. The van der Waals surface area contributed by atoms with Crippen LogP contribution in [-0.2, 0) is 20.9 Å². The maximum absolute atomic E-state index is 15.9. The first kappa shape index (κ1) is 27.9. The first-order valence-electron chi connectivity index (χ1n) is 14.4. The lowest BCUT2D eigenvalue weighted by Gasteiger charge is -2.46. The van der Waals surface area contributed by atoms with E-state index < -0.39 is 28.5 Å². The third-order valence-corrected chi connectivity index (χ3v) is 8.99. The first-order valence-corrected chi connectivity index (χ1v) is 14.4. The molecule has 1 aliphatic carbocycles. The van der Waals surface area contributed by atoms with E-state index in [2.05, 4.69) is 15.0 Å². The number of carbonyl (C=O) groups is 1. The topological polar surface area (TPSA) is 63.6 Å². The zero-order valence-electron chi connectivity index (χ0n) is 23.8. The van der Waals surface area contributed by atoms with Gasteiger partial charge in [0, 0.05) is 55.5 Å². The summed E-state index contributed by atoms with van der Waals surface area (Å²) in [5, 5.41) is 4.41. The van der Waals surface area contributed by atoms with Crippen molar-refractivity contribution in [3.8, 4) is 16.9 Å². The lowest BCUT2D eigenvalue weighted by atomic mass is 9.80. The molecule has 0 bridgehead atoms. The Labute approximate surface area is 238 Å². The van der Waals surface area contributed by atoms with Gasteiger partial charge in [-0.05, 0) is 69.2 Å². The highest BCUT2D eigenvalue weighted by Crippen LogP contribution is 2.49. The maximum atomic E-state index is 15.9. The van der Waals surface area contributed by atoms with Gasteiger partial charge < -0.3 is 19.2 Å². The van der Waals surface area contributed by atoms with Gasteiger partial charge in [-0.15, -0.1) is 0 Å². The van der Waals surface area contributed by atoms with Crippen LogP contribution in [0.15, 0.2) is 29.4 Å². The maximum Gasteiger partial charge on any atom is 0.311 e.